The number of carboxylic acids is 1. The number of carbonyl (C=O) groups excluding carboxylic acids is 11. The van der Waals surface area contributed by atoms with Gasteiger partial charge in [-0.15, -0.1) is 18.8 Å². The number of terminal acetylenes is 2. The van der Waals surface area contributed by atoms with Crippen LogP contribution in [0.15, 0.2) is 10.2 Å². The van der Waals surface area contributed by atoms with Crippen molar-refractivity contribution in [2.75, 3.05) is 47.1 Å². The average molecular weight is 1320 g/mol. The highest BCUT2D eigenvalue weighted by molar-refractivity contribution is 5.96. The summed E-state index contributed by atoms with van der Waals surface area (Å²) < 4.78 is 25.0. The van der Waals surface area contributed by atoms with E-state index >= 15 is 0 Å². The van der Waals surface area contributed by atoms with E-state index in [-0.39, 0.29) is 120 Å². The maximum absolute atomic E-state index is 13.6. The van der Waals surface area contributed by atoms with Crippen molar-refractivity contribution < 1.29 is 86.3 Å². The number of nitrogens with zero attached hydrogens (tertiary/aromatic N) is 5. The summed E-state index contributed by atoms with van der Waals surface area (Å²) in [6.07, 6.45) is 12.2. The first-order valence-electron chi connectivity index (χ1n) is 31.1. The Morgan fingerprint density at radius 3 is 1.43 bits per heavy atom. The molecule has 0 heterocycles. The molecule has 0 bridgehead atoms. The molecule has 524 valence electrons. The fourth-order valence-corrected chi connectivity index (χ4v) is 8.59. The molecular weight excluding hydrogens is 1210 g/mol. The number of unbranched alkanes of at least 4 members (excludes halogenated alkanes) is 1. The van der Waals surface area contributed by atoms with E-state index in [0.717, 1.165) is 0 Å². The fourth-order valence-electron chi connectivity index (χ4n) is 8.59. The second-order valence-corrected chi connectivity index (χ2v) is 25.3. The van der Waals surface area contributed by atoms with Crippen LogP contribution in [0.5, 0.6) is 0 Å². The highest BCUT2D eigenvalue weighted by Crippen LogP contribution is 2.24. The van der Waals surface area contributed by atoms with Crippen molar-refractivity contribution in [3.05, 3.63) is 10.4 Å². The Kier molecular flexibility index (Phi) is 46.6. The number of carboxylic acid groups (broad SMARTS) is 1. The standard InChI is InChI=1S/C32H51N5O9.C22H38N4O6.C10H16N2O3/c1-10-16-45-19-24(25(38)13-14-27(40)44-9)35-31(43)23(20(2)3)18-26(39)29(21(4)5)36-30(42)22(12-11-15-34-37-33)17-28(41)46-32(6,7)8;1-13(2)16(21(30)31)12-17(27)19(14(3)4)25-20(29)15(9-8-10-24-26-23)11-18(28)32-22(5,6)7;1-3-4-5-6-8(11)10(14)12-7-9(13)15-2/h1,20-24,29,33H,11-19H2,2-9H3,(H-,35,36,42,43);13-16,19H,8-12H2,1-7H3,(H,25,29)(H,30,31);1,8H,4-7,11H2,2H3,(H,12,14)/p+1/t22-,23+,24+,29+;15-,16+,19+;8-/m110/s1. The van der Waals surface area contributed by atoms with Gasteiger partial charge in [-0.05, 0) is 109 Å². The lowest BCUT2D eigenvalue weighted by atomic mass is 9.85. The molecule has 29 nitrogen and oxygen atoms in total. The second-order valence-electron chi connectivity index (χ2n) is 25.3. The van der Waals surface area contributed by atoms with Crippen LogP contribution in [0.25, 0.3) is 10.4 Å². The lowest BCUT2D eigenvalue weighted by Crippen LogP contribution is -2.50. The molecule has 0 radical (unpaired) electrons. The van der Waals surface area contributed by atoms with E-state index in [0.29, 0.717) is 32.1 Å². The number of hydrogen-bond donors (Lipinski definition) is 7. The molecular formula is C64H106N11O18+. The minimum atomic E-state index is -1.11. The van der Waals surface area contributed by atoms with Gasteiger partial charge in [-0.1, -0.05) is 66.4 Å². The molecule has 0 aromatic carbocycles. The Labute approximate surface area is 548 Å². The number of ether oxygens (including phenoxy) is 5. The van der Waals surface area contributed by atoms with E-state index in [4.69, 9.17) is 43.9 Å². The van der Waals surface area contributed by atoms with E-state index < -0.39 is 118 Å². The highest BCUT2D eigenvalue weighted by atomic mass is 16.6. The predicted octanol–water partition coefficient (Wildman–Crippen LogP) is 5.98. The predicted molar refractivity (Wildman–Crippen MR) is 343 cm³/mol. The van der Waals surface area contributed by atoms with Gasteiger partial charge in [-0.3, -0.25) is 57.5 Å². The van der Waals surface area contributed by atoms with Crippen LogP contribution < -0.4 is 31.9 Å². The quantitative estimate of drug-likeness (QED) is 0.00702. The zero-order chi connectivity index (χ0) is 72.2. The number of azide groups is 1. The number of aliphatic carboxylic acids is 1. The van der Waals surface area contributed by atoms with Crippen molar-refractivity contribution in [2.45, 2.75) is 216 Å². The van der Waals surface area contributed by atoms with Crippen LogP contribution in [0, 0.1) is 77.6 Å². The molecule has 0 aliphatic heterocycles. The molecule has 0 saturated carbocycles. The number of amides is 4. The van der Waals surface area contributed by atoms with Crippen molar-refractivity contribution in [3.63, 3.8) is 0 Å². The third kappa shape index (κ3) is 43.4. The zero-order valence-corrected chi connectivity index (χ0v) is 57.5. The van der Waals surface area contributed by atoms with E-state index in [1.165, 1.54) is 14.2 Å². The van der Waals surface area contributed by atoms with Crippen molar-refractivity contribution in [3.8, 4) is 24.7 Å². The average Bonchev–Trinajstić information content (AvgIpc) is 1.35. The third-order valence-electron chi connectivity index (χ3n) is 13.7. The molecule has 0 spiro atoms. The molecule has 0 saturated heterocycles. The molecule has 0 fully saturated rings. The van der Waals surface area contributed by atoms with Crippen LogP contribution in [-0.2, 0) is 81.2 Å². The van der Waals surface area contributed by atoms with Crippen LogP contribution >= 0.6 is 0 Å². The summed E-state index contributed by atoms with van der Waals surface area (Å²) in [7, 11) is 2.45. The van der Waals surface area contributed by atoms with E-state index in [1.54, 1.807) is 96.9 Å². The first-order chi connectivity index (χ1) is 43.3. The zero-order valence-electron chi connectivity index (χ0n) is 57.5. The Bertz CT molecular complexity index is 2600. The van der Waals surface area contributed by atoms with Gasteiger partial charge in [0.25, 0.3) is 0 Å². The van der Waals surface area contributed by atoms with Gasteiger partial charge in [0.2, 0.25) is 28.5 Å². The highest BCUT2D eigenvalue weighted by Gasteiger charge is 2.37. The third-order valence-corrected chi connectivity index (χ3v) is 13.7. The first kappa shape index (κ1) is 89.1. The molecule has 0 aromatic heterocycles. The Hall–Kier alpha value is -8.10. The Balaban J connectivity index is -0.00000148. The first-order valence-corrected chi connectivity index (χ1v) is 31.1. The van der Waals surface area contributed by atoms with Gasteiger partial charge < -0.3 is 55.8 Å². The molecule has 29 heteroatoms. The number of carbonyl (C=O) groups is 12. The number of hydrogen-bond acceptors (Lipinski definition) is 21. The van der Waals surface area contributed by atoms with Crippen molar-refractivity contribution in [2.24, 2.45) is 63.3 Å². The van der Waals surface area contributed by atoms with E-state index in [2.05, 4.69) is 62.6 Å². The summed E-state index contributed by atoms with van der Waals surface area (Å²) in [6.45, 7) is 24.2. The smallest absolute Gasteiger partial charge is 0.325 e. The number of esters is 4. The lowest BCUT2D eigenvalue weighted by Gasteiger charge is -2.28. The number of nitrogens with one attached hydrogen (secondary N) is 5. The van der Waals surface area contributed by atoms with Crippen molar-refractivity contribution >= 4 is 70.8 Å². The van der Waals surface area contributed by atoms with E-state index in [1.807, 2.05) is 0 Å². The van der Waals surface area contributed by atoms with Gasteiger partial charge in [0, 0.05) is 54.9 Å². The monoisotopic (exact) mass is 1320 g/mol. The fraction of sp³-hybridized carbons (Fsp3) is 0.750. The van der Waals surface area contributed by atoms with Gasteiger partial charge in [-0.25, -0.2) is 0 Å². The van der Waals surface area contributed by atoms with Crippen LogP contribution in [-0.4, -0.2) is 158 Å². The number of methoxy groups -OCH3 is 2. The van der Waals surface area contributed by atoms with Gasteiger partial charge in [-0.2, -0.15) is 0 Å². The molecule has 0 aliphatic rings. The molecule has 93 heavy (non-hydrogen) atoms. The van der Waals surface area contributed by atoms with Gasteiger partial charge in [0.1, 0.15) is 47.6 Å². The number of ketones is 3. The van der Waals surface area contributed by atoms with Crippen LogP contribution in [0.3, 0.4) is 0 Å². The van der Waals surface area contributed by atoms with Crippen LogP contribution in [0.2, 0.25) is 0 Å². The minimum Gasteiger partial charge on any atom is -0.481 e. The summed E-state index contributed by atoms with van der Waals surface area (Å²) in [5.74, 6) is -6.13. The van der Waals surface area contributed by atoms with Crippen LogP contribution in [0.4, 0.5) is 0 Å². The molecule has 0 aromatic rings. The van der Waals surface area contributed by atoms with Gasteiger partial charge in [0.05, 0.1) is 64.1 Å². The molecule has 8 atom stereocenters. The van der Waals surface area contributed by atoms with E-state index in [9.17, 15) is 62.6 Å². The summed E-state index contributed by atoms with van der Waals surface area (Å²) in [5, 5.41) is 26.9. The summed E-state index contributed by atoms with van der Waals surface area (Å²) in [6, 6.07) is -3.57. The molecule has 0 aliphatic carbocycles. The Morgan fingerprint density at radius 2 is 1.04 bits per heavy atom. The molecule has 0 rings (SSSR count). The summed E-state index contributed by atoms with van der Waals surface area (Å²) >= 11 is 0. The normalized spacial score (nSPS) is 13.5. The lowest BCUT2D eigenvalue weighted by molar-refractivity contribution is -0.158. The van der Waals surface area contributed by atoms with Gasteiger partial charge >= 0.3 is 29.8 Å². The number of rotatable bonds is 42. The number of nitrogens with two attached hydrogens (primary N) is 1. The maximum atomic E-state index is 13.6. The molecule has 8 N–H and O–H groups in total. The topological polar surface area (TPSA) is 444 Å². The van der Waals surface area contributed by atoms with Gasteiger partial charge in [0.15, 0.2) is 17.3 Å². The Morgan fingerprint density at radius 1 is 0.581 bits per heavy atom. The van der Waals surface area contributed by atoms with Crippen molar-refractivity contribution in [1.29, 1.82) is 5.53 Å². The van der Waals surface area contributed by atoms with Crippen molar-refractivity contribution in [1.82, 2.24) is 26.2 Å². The maximum Gasteiger partial charge on any atom is 0.325 e. The summed E-state index contributed by atoms with van der Waals surface area (Å²) in [4.78, 5) is 155. The molecule has 0 unspecified atom stereocenters. The minimum absolute atomic E-state index is 0.0955. The number of Topliss-reactive ketones (excluding diaryl/α,β-unsaturated/α-hetero) is 3. The van der Waals surface area contributed by atoms with Crippen LogP contribution in [0.1, 0.15) is 180 Å². The largest absolute Gasteiger partial charge is 0.481 e. The molecule has 4 amide bonds. The second kappa shape index (κ2) is 48.6. The SMILES string of the molecule is C#CCCC[C@H](N)C(=O)NCC(=O)OC.C#CCOC[C@H](NC(=O)[C@@H](CC(=O)[C@@H](NC(=O)[C@H](CCCN=[N+]=N)CC(=O)OC(C)(C)C)C(C)C)C(C)C)C(=O)CCC(=O)OC.CC(C)[C@H](CC(=O)[C@@H](NC(=O)[C@H](CCCN=[N+]=[N-])CC(=O)OC(C)(C)C)C(C)C)C(=O)O. The summed E-state index contributed by atoms with van der Waals surface area (Å²) in [5.41, 5.74) is 19.3.